The fourth-order valence-corrected chi connectivity index (χ4v) is 4.03. The first-order valence-electron chi connectivity index (χ1n) is 9.60. The Bertz CT molecular complexity index is 1030. The molecule has 148 valence electrons. The van der Waals surface area contributed by atoms with Gasteiger partial charge in [-0.25, -0.2) is 19.7 Å². The van der Waals surface area contributed by atoms with Crippen molar-refractivity contribution in [1.82, 2.24) is 34.9 Å². The molecule has 0 amide bonds. The van der Waals surface area contributed by atoms with Crippen LogP contribution in [0.25, 0.3) is 5.95 Å². The summed E-state index contributed by atoms with van der Waals surface area (Å²) in [7, 11) is 0. The Kier molecular flexibility index (Phi) is 4.53. The average molecular weight is 391 g/mol. The van der Waals surface area contributed by atoms with Gasteiger partial charge in [-0.2, -0.15) is 9.78 Å². The van der Waals surface area contributed by atoms with Crippen molar-refractivity contribution < 1.29 is 9.53 Å². The predicted molar refractivity (Wildman–Crippen MR) is 103 cm³/mol. The summed E-state index contributed by atoms with van der Waals surface area (Å²) >= 11 is 0. The molecule has 3 aromatic rings. The van der Waals surface area contributed by atoms with Gasteiger partial charge in [0.25, 0.3) is 5.95 Å². The molecule has 9 heteroatoms. The number of hydrogen-bond acceptors (Lipinski definition) is 8. The van der Waals surface area contributed by atoms with Crippen molar-refractivity contribution in [2.75, 3.05) is 19.6 Å². The maximum atomic E-state index is 11.8. The SMILES string of the molecule is Cc1c(C2CN(Cc3cnc(-n4cncn4)nc3)CCN2)ccc2c1COC2=O. The van der Waals surface area contributed by atoms with Gasteiger partial charge in [-0.15, -0.1) is 0 Å². The molecular formula is C20H21N7O2. The number of esters is 1. The van der Waals surface area contributed by atoms with Crippen LogP contribution in [0.2, 0.25) is 0 Å². The van der Waals surface area contributed by atoms with E-state index in [0.29, 0.717) is 18.1 Å². The number of hydrogen-bond donors (Lipinski definition) is 1. The zero-order chi connectivity index (χ0) is 19.8. The lowest BCUT2D eigenvalue weighted by molar-refractivity contribution is 0.0535. The summed E-state index contributed by atoms with van der Waals surface area (Å²) in [6, 6.07) is 4.16. The van der Waals surface area contributed by atoms with Crippen molar-refractivity contribution in [3.8, 4) is 5.95 Å². The molecule has 29 heavy (non-hydrogen) atoms. The van der Waals surface area contributed by atoms with Crippen LogP contribution < -0.4 is 5.32 Å². The van der Waals surface area contributed by atoms with Crippen LogP contribution in [0, 0.1) is 6.92 Å². The van der Waals surface area contributed by atoms with Gasteiger partial charge < -0.3 is 10.1 Å². The Morgan fingerprint density at radius 1 is 1.28 bits per heavy atom. The van der Waals surface area contributed by atoms with Gasteiger partial charge >= 0.3 is 5.97 Å². The van der Waals surface area contributed by atoms with Crippen LogP contribution in [0.4, 0.5) is 0 Å². The molecule has 0 radical (unpaired) electrons. The number of carbonyl (C=O) groups excluding carboxylic acids is 1. The summed E-state index contributed by atoms with van der Waals surface area (Å²) in [6.45, 7) is 5.95. The molecule has 0 saturated carbocycles. The average Bonchev–Trinajstić information content (AvgIpc) is 3.40. The second kappa shape index (κ2) is 7.34. The number of aromatic nitrogens is 5. The van der Waals surface area contributed by atoms with Gasteiger partial charge in [0.1, 0.15) is 19.3 Å². The minimum Gasteiger partial charge on any atom is -0.457 e. The number of benzene rings is 1. The van der Waals surface area contributed by atoms with Crippen LogP contribution in [0.3, 0.4) is 0 Å². The first-order chi connectivity index (χ1) is 14.2. The Morgan fingerprint density at radius 2 is 2.14 bits per heavy atom. The van der Waals surface area contributed by atoms with E-state index in [2.05, 4.69) is 43.3 Å². The molecule has 1 saturated heterocycles. The first-order valence-corrected chi connectivity index (χ1v) is 9.60. The van der Waals surface area contributed by atoms with Gasteiger partial charge in [0.05, 0.1) is 5.56 Å². The number of cyclic esters (lactones) is 1. The summed E-state index contributed by atoms with van der Waals surface area (Å²) in [6.07, 6.45) is 6.71. The highest BCUT2D eigenvalue weighted by Crippen LogP contribution is 2.30. The number of fused-ring (bicyclic) bond motifs is 1. The van der Waals surface area contributed by atoms with Crippen LogP contribution >= 0.6 is 0 Å². The van der Waals surface area contributed by atoms with Gasteiger partial charge in [0.2, 0.25) is 0 Å². The van der Waals surface area contributed by atoms with Gasteiger partial charge in [-0.1, -0.05) is 6.07 Å². The van der Waals surface area contributed by atoms with E-state index in [-0.39, 0.29) is 12.0 Å². The molecule has 1 N–H and O–H groups in total. The highest BCUT2D eigenvalue weighted by molar-refractivity contribution is 5.93. The molecule has 2 aliphatic rings. The normalized spacial score (nSPS) is 19.2. The van der Waals surface area contributed by atoms with Crippen LogP contribution in [0.15, 0.2) is 37.2 Å². The van der Waals surface area contributed by atoms with Crippen LogP contribution in [-0.4, -0.2) is 55.2 Å². The Morgan fingerprint density at radius 3 is 2.93 bits per heavy atom. The Balaban J connectivity index is 1.30. The lowest BCUT2D eigenvalue weighted by Crippen LogP contribution is -2.45. The number of carbonyl (C=O) groups is 1. The van der Waals surface area contributed by atoms with Crippen LogP contribution in [-0.2, 0) is 17.9 Å². The van der Waals surface area contributed by atoms with Crippen molar-refractivity contribution in [1.29, 1.82) is 0 Å². The monoisotopic (exact) mass is 391 g/mol. The Labute approximate surface area is 167 Å². The molecule has 0 bridgehead atoms. The molecule has 1 aromatic carbocycles. The van der Waals surface area contributed by atoms with E-state index in [1.54, 1.807) is 6.33 Å². The van der Waals surface area contributed by atoms with Gasteiger partial charge in [0.15, 0.2) is 0 Å². The molecule has 0 aliphatic carbocycles. The van der Waals surface area contributed by atoms with E-state index in [1.165, 1.54) is 16.6 Å². The molecule has 4 heterocycles. The largest absolute Gasteiger partial charge is 0.457 e. The molecule has 2 aromatic heterocycles. The maximum absolute atomic E-state index is 11.8. The van der Waals surface area contributed by atoms with Crippen molar-refractivity contribution in [3.05, 3.63) is 65.0 Å². The smallest absolute Gasteiger partial charge is 0.338 e. The van der Waals surface area contributed by atoms with Crippen molar-refractivity contribution >= 4 is 5.97 Å². The minimum atomic E-state index is -0.220. The highest BCUT2D eigenvalue weighted by atomic mass is 16.5. The number of nitrogens with zero attached hydrogens (tertiary/aromatic N) is 6. The van der Waals surface area contributed by atoms with E-state index < -0.39 is 0 Å². The van der Waals surface area contributed by atoms with Gasteiger partial charge in [-0.3, -0.25) is 4.90 Å². The van der Waals surface area contributed by atoms with Crippen LogP contribution in [0.5, 0.6) is 0 Å². The third kappa shape index (κ3) is 3.39. The lowest BCUT2D eigenvalue weighted by atomic mass is 9.93. The second-order valence-electron chi connectivity index (χ2n) is 7.36. The molecule has 9 nitrogen and oxygen atoms in total. The zero-order valence-corrected chi connectivity index (χ0v) is 16.1. The molecule has 1 fully saturated rings. The molecule has 2 aliphatic heterocycles. The zero-order valence-electron chi connectivity index (χ0n) is 16.1. The van der Waals surface area contributed by atoms with E-state index in [1.807, 2.05) is 18.5 Å². The van der Waals surface area contributed by atoms with E-state index >= 15 is 0 Å². The van der Waals surface area contributed by atoms with Crippen molar-refractivity contribution in [2.24, 2.45) is 0 Å². The van der Waals surface area contributed by atoms with Crippen molar-refractivity contribution in [3.63, 3.8) is 0 Å². The number of rotatable bonds is 4. The van der Waals surface area contributed by atoms with E-state index in [4.69, 9.17) is 4.74 Å². The number of nitrogens with one attached hydrogen (secondary N) is 1. The third-order valence-electron chi connectivity index (χ3n) is 5.56. The van der Waals surface area contributed by atoms with Crippen molar-refractivity contribution in [2.45, 2.75) is 26.1 Å². The second-order valence-corrected chi connectivity index (χ2v) is 7.36. The number of piperazine rings is 1. The standard InChI is InChI=1S/C20H21N7O2/c1-13-15(2-3-16-17(13)10-29-19(16)28)18-9-26(5-4-22-18)8-14-6-23-20(24-7-14)27-12-21-11-25-27/h2-3,6-7,11-12,18,22H,4-5,8-10H2,1H3. The Hall–Kier alpha value is -3.17. The maximum Gasteiger partial charge on any atom is 0.338 e. The summed E-state index contributed by atoms with van der Waals surface area (Å²) in [5.41, 5.74) is 5.14. The van der Waals surface area contributed by atoms with E-state index in [0.717, 1.165) is 42.9 Å². The summed E-state index contributed by atoms with van der Waals surface area (Å²) in [4.78, 5) is 26.9. The molecule has 1 atom stereocenters. The first kappa shape index (κ1) is 17.9. The fourth-order valence-electron chi connectivity index (χ4n) is 4.03. The minimum absolute atomic E-state index is 0.208. The van der Waals surface area contributed by atoms with Gasteiger partial charge in [0, 0.05) is 55.7 Å². The molecule has 1 unspecified atom stereocenters. The quantitative estimate of drug-likeness (QED) is 0.662. The van der Waals surface area contributed by atoms with Gasteiger partial charge in [-0.05, 0) is 24.1 Å². The molecular weight excluding hydrogens is 370 g/mol. The summed E-state index contributed by atoms with van der Waals surface area (Å²) in [5.74, 6) is 0.289. The summed E-state index contributed by atoms with van der Waals surface area (Å²) in [5, 5.41) is 7.65. The van der Waals surface area contributed by atoms with E-state index in [9.17, 15) is 4.79 Å². The predicted octanol–water partition coefficient (Wildman–Crippen LogP) is 1.18. The topological polar surface area (TPSA) is 98.1 Å². The molecule has 0 spiro atoms. The highest BCUT2D eigenvalue weighted by Gasteiger charge is 2.28. The summed E-state index contributed by atoms with van der Waals surface area (Å²) < 4.78 is 6.73. The lowest BCUT2D eigenvalue weighted by Gasteiger charge is -2.34. The third-order valence-corrected chi connectivity index (χ3v) is 5.56. The number of ether oxygens (including phenoxy) is 1. The fraction of sp³-hybridized carbons (Fsp3) is 0.350. The van der Waals surface area contributed by atoms with Crippen LogP contribution in [0.1, 0.15) is 38.7 Å². The molecule has 5 rings (SSSR count).